The maximum absolute atomic E-state index is 13.5. The molecule has 5 rings (SSSR count). The predicted octanol–water partition coefficient (Wildman–Crippen LogP) is 1.14. The van der Waals surface area contributed by atoms with Crippen molar-refractivity contribution in [2.24, 2.45) is 10.3 Å². The van der Waals surface area contributed by atoms with Gasteiger partial charge >= 0.3 is 24.0 Å². The number of rotatable bonds is 14. The van der Waals surface area contributed by atoms with Crippen LogP contribution in [0.3, 0.4) is 0 Å². The molecule has 0 radical (unpaired) electrons. The predicted molar refractivity (Wildman–Crippen MR) is 170 cm³/mol. The van der Waals surface area contributed by atoms with E-state index in [2.05, 4.69) is 36.1 Å². The smallest absolute Gasteiger partial charge is 0.471 e. The number of aromatic nitrogens is 5. The van der Waals surface area contributed by atoms with Gasteiger partial charge in [-0.15, -0.1) is 28.2 Å². The first kappa shape index (κ1) is 37.6. The van der Waals surface area contributed by atoms with Crippen molar-refractivity contribution in [2.75, 3.05) is 16.8 Å². The van der Waals surface area contributed by atoms with Crippen LogP contribution in [0.4, 0.5) is 22.7 Å². The molecule has 52 heavy (non-hydrogen) atoms. The van der Waals surface area contributed by atoms with Gasteiger partial charge < -0.3 is 25.6 Å². The van der Waals surface area contributed by atoms with Gasteiger partial charge in [-0.2, -0.15) is 13.2 Å². The number of carbonyl (C=O) groups excluding carboxylic acids is 3. The van der Waals surface area contributed by atoms with Crippen molar-refractivity contribution in [3.05, 3.63) is 58.0 Å². The van der Waals surface area contributed by atoms with Crippen LogP contribution in [0.1, 0.15) is 11.3 Å². The van der Waals surface area contributed by atoms with E-state index in [0.717, 1.165) is 50.6 Å². The number of β-lactam (4-membered cyclic amide) rings is 1. The molecule has 0 bridgehead atoms. The molecule has 1 aromatic carbocycles. The Morgan fingerprint density at radius 2 is 1.88 bits per heavy atom. The van der Waals surface area contributed by atoms with E-state index in [1.54, 1.807) is 5.32 Å². The van der Waals surface area contributed by atoms with Crippen molar-refractivity contribution in [3.63, 3.8) is 0 Å². The van der Waals surface area contributed by atoms with Crippen molar-refractivity contribution < 1.29 is 61.8 Å². The number of hydrogen-bond donors (Lipinski definition) is 5. The van der Waals surface area contributed by atoms with Gasteiger partial charge in [-0.05, 0) is 33.7 Å². The van der Waals surface area contributed by atoms with Crippen molar-refractivity contribution >= 4 is 81.1 Å². The number of hydrogen-bond acceptors (Lipinski definition) is 16. The van der Waals surface area contributed by atoms with Crippen molar-refractivity contribution in [1.29, 1.82) is 0 Å². The van der Waals surface area contributed by atoms with E-state index >= 15 is 0 Å². The summed E-state index contributed by atoms with van der Waals surface area (Å²) in [5, 5.41) is 48.9. The summed E-state index contributed by atoms with van der Waals surface area (Å²) in [7, 11) is 0. The number of alkyl halides is 3. The highest BCUT2D eigenvalue weighted by atomic mass is 32.2. The number of anilines is 1. The number of benzene rings is 1. The van der Waals surface area contributed by atoms with E-state index in [4.69, 9.17) is 15.2 Å². The van der Waals surface area contributed by atoms with Crippen LogP contribution < -0.4 is 10.6 Å². The number of aliphatic carboxylic acids is 2. The SMILES string of the molecule is O=C(O)C(Cn1nnnc1SCC1=C(C(=O)O)N2C(=O)C(NC(=O)C(=NOCc3ccc(F)cc3)c3csc(NC(=O)C(F)(F)F)n3)[C@H]2SC1)=NO. The molecule has 3 aromatic rings. The number of thiazole rings is 1. The van der Waals surface area contributed by atoms with Crippen molar-refractivity contribution in [2.45, 2.75) is 35.9 Å². The van der Waals surface area contributed by atoms with Crippen LogP contribution in [0.25, 0.3) is 0 Å². The van der Waals surface area contributed by atoms with Gasteiger partial charge in [-0.1, -0.05) is 34.2 Å². The highest BCUT2D eigenvalue weighted by molar-refractivity contribution is 8.01. The van der Waals surface area contributed by atoms with Crippen molar-refractivity contribution in [3.8, 4) is 0 Å². The molecular weight excluding hydrogens is 769 g/mol. The lowest BCUT2D eigenvalue weighted by molar-refractivity contribution is -0.167. The van der Waals surface area contributed by atoms with Crippen LogP contribution in [0.5, 0.6) is 0 Å². The normalized spacial score (nSPS) is 17.7. The zero-order valence-electron chi connectivity index (χ0n) is 25.5. The third-order valence-corrected chi connectivity index (χ3v) is 9.96. The Balaban J connectivity index is 1.31. The first-order valence-corrected chi connectivity index (χ1v) is 16.9. The van der Waals surface area contributed by atoms with E-state index in [1.165, 1.54) is 12.1 Å². The first-order valence-electron chi connectivity index (χ1n) is 14.0. The fourth-order valence-electron chi connectivity index (χ4n) is 4.40. The Labute approximate surface area is 298 Å². The van der Waals surface area contributed by atoms with Crippen LogP contribution in [-0.4, -0.2) is 116 Å². The maximum Gasteiger partial charge on any atom is 0.471 e. The maximum atomic E-state index is 13.5. The average Bonchev–Trinajstić information content (AvgIpc) is 3.75. The largest absolute Gasteiger partial charge is 0.477 e. The van der Waals surface area contributed by atoms with E-state index in [0.29, 0.717) is 16.9 Å². The Bertz CT molecular complexity index is 2000. The Morgan fingerprint density at radius 1 is 1.15 bits per heavy atom. The summed E-state index contributed by atoms with van der Waals surface area (Å²) in [5.74, 6) is -7.78. The quantitative estimate of drug-likeness (QED) is 0.0383. The zero-order chi connectivity index (χ0) is 37.7. The molecule has 19 nitrogen and oxygen atoms in total. The van der Waals surface area contributed by atoms with Crippen LogP contribution in [0.15, 0.2) is 56.4 Å². The number of fused-ring (bicyclic) bond motifs is 1. The van der Waals surface area contributed by atoms with E-state index < -0.39 is 76.2 Å². The van der Waals surface area contributed by atoms with E-state index in [-0.39, 0.29) is 40.2 Å². The number of carboxylic acids is 2. The zero-order valence-corrected chi connectivity index (χ0v) is 27.9. The third-order valence-electron chi connectivity index (χ3n) is 6.82. The topological polar surface area (TPSA) is 264 Å². The number of tetrazole rings is 1. The summed E-state index contributed by atoms with van der Waals surface area (Å²) in [4.78, 5) is 71.6. The monoisotopic (exact) mass is 788 g/mol. The molecule has 274 valence electrons. The third kappa shape index (κ3) is 8.45. The molecule has 0 spiro atoms. The highest BCUT2D eigenvalue weighted by Gasteiger charge is 2.54. The van der Waals surface area contributed by atoms with E-state index in [9.17, 15) is 46.6 Å². The van der Waals surface area contributed by atoms with Crippen LogP contribution >= 0.6 is 34.9 Å². The number of carboxylic acid groups (broad SMARTS) is 2. The second-order valence-corrected chi connectivity index (χ2v) is 13.1. The molecule has 0 aliphatic carbocycles. The molecule has 0 saturated carbocycles. The standard InChI is InChI=1S/C26H20F4N10O9S3/c27-12-3-1-10(2-4-12)6-49-36-15(14-9-51-24(31-14)33-23(47)26(28,29)30)18(41)32-16-19(42)40-17(22(45)46)11(7-50-20(16)40)8-52-25-34-37-38-39(25)5-13(35-48)21(43)44/h1-4,9,16,20,48H,5-8H2,(H,32,41)(H,43,44)(H,45,46)(H,31,33,47)/t16?,20-/m1/s1. The van der Waals surface area contributed by atoms with Gasteiger partial charge in [-0.25, -0.2) is 23.6 Å². The molecule has 3 amide bonds. The summed E-state index contributed by atoms with van der Waals surface area (Å²) in [5.41, 5.74) is -1.33. The number of nitrogens with one attached hydrogen (secondary N) is 2. The number of amides is 3. The fourth-order valence-corrected chi connectivity index (χ4v) is 7.45. The molecule has 2 aliphatic heterocycles. The summed E-state index contributed by atoms with van der Waals surface area (Å²) in [6.07, 6.45) is -5.23. The number of halogens is 4. The number of nitrogens with zero attached hydrogens (tertiary/aromatic N) is 8. The second kappa shape index (κ2) is 15.7. The van der Waals surface area contributed by atoms with Crippen LogP contribution in [-0.2, 0) is 42.0 Å². The number of carbonyl (C=O) groups is 5. The summed E-state index contributed by atoms with van der Waals surface area (Å²) in [6, 6.07) is 3.71. The van der Waals surface area contributed by atoms with Crippen LogP contribution in [0.2, 0.25) is 0 Å². The minimum absolute atomic E-state index is 0.0449. The molecule has 2 aliphatic rings. The highest BCUT2D eigenvalue weighted by Crippen LogP contribution is 2.41. The Morgan fingerprint density at radius 3 is 2.54 bits per heavy atom. The number of thioether (sulfide) groups is 2. The average molecular weight is 789 g/mol. The first-order chi connectivity index (χ1) is 24.7. The molecular formula is C26H20F4N10O9S3. The summed E-state index contributed by atoms with van der Waals surface area (Å²) in [6.45, 7) is -0.801. The van der Waals surface area contributed by atoms with Gasteiger partial charge in [-0.3, -0.25) is 24.6 Å². The molecule has 4 heterocycles. The molecule has 26 heteroatoms. The molecule has 1 saturated heterocycles. The minimum Gasteiger partial charge on any atom is -0.477 e. The summed E-state index contributed by atoms with van der Waals surface area (Å²) >= 11 is 2.53. The van der Waals surface area contributed by atoms with Gasteiger partial charge in [0.1, 0.15) is 35.2 Å². The second-order valence-electron chi connectivity index (χ2n) is 10.2. The molecule has 1 fully saturated rings. The van der Waals surface area contributed by atoms with E-state index in [1.807, 2.05) is 0 Å². The summed E-state index contributed by atoms with van der Waals surface area (Å²) < 4.78 is 52.6. The van der Waals surface area contributed by atoms with Gasteiger partial charge in [0.2, 0.25) is 5.16 Å². The van der Waals surface area contributed by atoms with Gasteiger partial charge in [0.25, 0.3) is 11.8 Å². The number of oxime groups is 2. The minimum atomic E-state index is -5.23. The molecule has 2 aromatic heterocycles. The lowest BCUT2D eigenvalue weighted by atomic mass is 10.0. The van der Waals surface area contributed by atoms with Gasteiger partial charge in [0.05, 0.1) is 6.54 Å². The van der Waals surface area contributed by atoms with Gasteiger partial charge in [0, 0.05) is 16.9 Å². The molecule has 2 atom stereocenters. The van der Waals surface area contributed by atoms with Crippen molar-refractivity contribution in [1.82, 2.24) is 35.4 Å². The lowest BCUT2D eigenvalue weighted by Crippen LogP contribution is -2.71. The molecule has 1 unspecified atom stereocenters. The fraction of sp³-hybridized carbons (Fsp3) is 0.269. The van der Waals surface area contributed by atoms with Gasteiger partial charge in [0.15, 0.2) is 16.6 Å². The Hall–Kier alpha value is -5.63. The lowest BCUT2D eigenvalue weighted by Gasteiger charge is -2.49. The van der Waals surface area contributed by atoms with Crippen LogP contribution in [0, 0.1) is 5.82 Å². The molecule has 5 N–H and O–H groups in total. The Kier molecular flexibility index (Phi) is 11.4.